The van der Waals surface area contributed by atoms with Gasteiger partial charge in [0, 0.05) is 11.6 Å². The van der Waals surface area contributed by atoms with E-state index in [1.54, 1.807) is 18.2 Å². The van der Waals surface area contributed by atoms with Crippen LogP contribution in [-0.2, 0) is 6.54 Å². The van der Waals surface area contributed by atoms with Gasteiger partial charge in [0.25, 0.3) is 0 Å². The van der Waals surface area contributed by atoms with Crippen molar-refractivity contribution >= 4 is 40.5 Å². The Morgan fingerprint density at radius 1 is 1.05 bits per heavy atom. The van der Waals surface area contributed by atoms with Gasteiger partial charge in [0.05, 0.1) is 27.4 Å². The van der Waals surface area contributed by atoms with Crippen molar-refractivity contribution in [3.63, 3.8) is 0 Å². The fraction of sp³-hybridized carbons (Fsp3) is 0.0714. The van der Waals surface area contributed by atoms with E-state index in [-0.39, 0.29) is 0 Å². The van der Waals surface area contributed by atoms with Crippen LogP contribution in [0.3, 0.4) is 0 Å². The van der Waals surface area contributed by atoms with Crippen LogP contribution in [0.5, 0.6) is 0 Å². The van der Waals surface area contributed by atoms with Crippen molar-refractivity contribution < 1.29 is 0 Å². The molecule has 0 aliphatic carbocycles. The third kappa shape index (κ3) is 3.33. The third-order valence-corrected chi connectivity index (χ3v) is 3.77. The molecule has 0 bridgehead atoms. The van der Waals surface area contributed by atoms with Gasteiger partial charge in [-0.05, 0) is 29.8 Å². The molecule has 0 saturated heterocycles. The lowest BCUT2D eigenvalue weighted by Gasteiger charge is -2.10. The predicted octanol–water partition coefficient (Wildman–Crippen LogP) is 5.13. The van der Waals surface area contributed by atoms with Gasteiger partial charge in [-0.3, -0.25) is 0 Å². The van der Waals surface area contributed by atoms with Gasteiger partial charge in [0.2, 0.25) is 0 Å². The molecule has 0 fully saturated rings. The lowest BCUT2D eigenvalue weighted by molar-refractivity contribution is 1.15. The normalized spacial score (nSPS) is 10.0. The van der Waals surface area contributed by atoms with Gasteiger partial charge in [-0.1, -0.05) is 46.9 Å². The zero-order valence-electron chi connectivity index (χ0n) is 9.75. The molecule has 96 valence electrons. The molecule has 0 aliphatic heterocycles. The number of nitriles is 1. The monoisotopic (exact) mass is 310 g/mol. The molecular formula is C14H9Cl3N2. The van der Waals surface area contributed by atoms with E-state index >= 15 is 0 Å². The van der Waals surface area contributed by atoms with Gasteiger partial charge in [0.15, 0.2) is 0 Å². The molecule has 2 aromatic rings. The maximum atomic E-state index is 8.77. The molecular weight excluding hydrogens is 303 g/mol. The van der Waals surface area contributed by atoms with E-state index in [1.165, 1.54) is 0 Å². The highest BCUT2D eigenvalue weighted by Crippen LogP contribution is 2.30. The molecule has 0 spiro atoms. The van der Waals surface area contributed by atoms with Gasteiger partial charge in [-0.15, -0.1) is 0 Å². The molecule has 0 aliphatic rings. The Hall–Kier alpha value is -1.40. The molecule has 0 saturated carbocycles. The number of rotatable bonds is 3. The van der Waals surface area contributed by atoms with Crippen LogP contribution in [0.15, 0.2) is 36.4 Å². The first kappa shape index (κ1) is 14.0. The minimum Gasteiger partial charge on any atom is -0.380 e. The lowest BCUT2D eigenvalue weighted by atomic mass is 10.1. The lowest BCUT2D eigenvalue weighted by Crippen LogP contribution is -2.01. The first-order valence-corrected chi connectivity index (χ1v) is 6.61. The summed E-state index contributed by atoms with van der Waals surface area (Å²) in [5.41, 5.74) is 2.17. The average Bonchev–Trinajstić information content (AvgIpc) is 2.41. The second-order valence-corrected chi connectivity index (χ2v) is 5.07. The summed E-state index contributed by atoms with van der Waals surface area (Å²) in [6, 6.07) is 12.6. The highest BCUT2D eigenvalue weighted by Gasteiger charge is 2.06. The van der Waals surface area contributed by atoms with E-state index < -0.39 is 0 Å². The van der Waals surface area contributed by atoms with Crippen molar-refractivity contribution in [1.82, 2.24) is 0 Å². The van der Waals surface area contributed by atoms with Crippen LogP contribution in [0.2, 0.25) is 15.1 Å². The van der Waals surface area contributed by atoms with Crippen LogP contribution in [0.25, 0.3) is 0 Å². The number of anilines is 1. The van der Waals surface area contributed by atoms with Crippen LogP contribution in [0, 0.1) is 11.3 Å². The molecule has 0 radical (unpaired) electrons. The fourth-order valence-electron chi connectivity index (χ4n) is 1.59. The maximum absolute atomic E-state index is 8.77. The number of benzene rings is 2. The van der Waals surface area contributed by atoms with Crippen molar-refractivity contribution in [3.05, 3.63) is 62.6 Å². The minimum absolute atomic E-state index is 0.480. The first-order chi connectivity index (χ1) is 9.11. The zero-order valence-corrected chi connectivity index (χ0v) is 12.0. The molecule has 0 atom stereocenters. The number of hydrogen-bond donors (Lipinski definition) is 1. The zero-order chi connectivity index (χ0) is 13.8. The summed E-state index contributed by atoms with van der Waals surface area (Å²) in [5.74, 6) is 0. The first-order valence-electron chi connectivity index (χ1n) is 5.48. The van der Waals surface area contributed by atoms with E-state index in [0.29, 0.717) is 27.2 Å². The van der Waals surface area contributed by atoms with Crippen molar-refractivity contribution in [2.75, 3.05) is 5.32 Å². The highest BCUT2D eigenvalue weighted by atomic mass is 35.5. The largest absolute Gasteiger partial charge is 0.380 e. The summed E-state index contributed by atoms with van der Waals surface area (Å²) < 4.78 is 0. The Balaban J connectivity index is 2.15. The molecule has 0 aromatic heterocycles. The molecule has 2 nitrogen and oxygen atoms in total. The SMILES string of the molecule is N#Cc1ccc(CNc2cccc(Cl)c2Cl)c(Cl)c1. The maximum Gasteiger partial charge on any atom is 0.0992 e. The Morgan fingerprint density at radius 3 is 2.53 bits per heavy atom. The summed E-state index contributed by atoms with van der Waals surface area (Å²) in [5, 5.41) is 13.5. The van der Waals surface area contributed by atoms with Crippen molar-refractivity contribution in [2.24, 2.45) is 0 Å². The Morgan fingerprint density at radius 2 is 1.84 bits per heavy atom. The van der Waals surface area contributed by atoms with Gasteiger partial charge < -0.3 is 5.32 Å². The van der Waals surface area contributed by atoms with E-state index in [0.717, 1.165) is 11.3 Å². The smallest absolute Gasteiger partial charge is 0.0992 e. The molecule has 0 amide bonds. The summed E-state index contributed by atoms with van der Waals surface area (Å²) in [7, 11) is 0. The minimum atomic E-state index is 0.480. The molecule has 2 aromatic carbocycles. The fourth-order valence-corrected chi connectivity index (χ4v) is 2.21. The van der Waals surface area contributed by atoms with Gasteiger partial charge in [-0.25, -0.2) is 0 Å². The number of nitrogens with zero attached hydrogens (tertiary/aromatic N) is 1. The van der Waals surface area contributed by atoms with Crippen LogP contribution < -0.4 is 5.32 Å². The second kappa shape index (κ2) is 6.16. The van der Waals surface area contributed by atoms with Crippen LogP contribution in [-0.4, -0.2) is 0 Å². The molecule has 2 rings (SSSR count). The number of halogens is 3. The summed E-state index contributed by atoms with van der Waals surface area (Å²) >= 11 is 18.1. The molecule has 1 N–H and O–H groups in total. The standard InChI is InChI=1S/C14H9Cl3N2/c15-11-2-1-3-13(14(11)17)19-8-10-5-4-9(7-18)6-12(10)16/h1-6,19H,8H2. The van der Waals surface area contributed by atoms with E-state index in [4.69, 9.17) is 40.1 Å². The summed E-state index contributed by atoms with van der Waals surface area (Å²) in [4.78, 5) is 0. The Bertz CT molecular complexity index is 648. The second-order valence-electron chi connectivity index (χ2n) is 3.87. The van der Waals surface area contributed by atoms with Gasteiger partial charge in [0.1, 0.15) is 0 Å². The Labute approximate surface area is 126 Å². The van der Waals surface area contributed by atoms with Crippen LogP contribution in [0.4, 0.5) is 5.69 Å². The predicted molar refractivity (Wildman–Crippen MR) is 80.0 cm³/mol. The third-order valence-electron chi connectivity index (χ3n) is 2.60. The average molecular weight is 312 g/mol. The quantitative estimate of drug-likeness (QED) is 0.853. The van der Waals surface area contributed by atoms with Gasteiger partial charge in [-0.2, -0.15) is 5.26 Å². The van der Waals surface area contributed by atoms with Crippen molar-refractivity contribution in [3.8, 4) is 6.07 Å². The summed E-state index contributed by atoms with van der Waals surface area (Å²) in [6.45, 7) is 0.505. The number of hydrogen-bond acceptors (Lipinski definition) is 2. The van der Waals surface area contributed by atoms with Crippen LogP contribution in [0.1, 0.15) is 11.1 Å². The number of nitrogens with one attached hydrogen (secondary N) is 1. The Kier molecular flexibility index (Phi) is 4.55. The molecule has 5 heteroatoms. The molecule has 0 unspecified atom stereocenters. The topological polar surface area (TPSA) is 35.8 Å². The van der Waals surface area contributed by atoms with Crippen molar-refractivity contribution in [1.29, 1.82) is 5.26 Å². The molecule has 19 heavy (non-hydrogen) atoms. The molecule has 0 heterocycles. The van der Waals surface area contributed by atoms with E-state index in [9.17, 15) is 0 Å². The van der Waals surface area contributed by atoms with E-state index in [2.05, 4.69) is 5.32 Å². The summed E-state index contributed by atoms with van der Waals surface area (Å²) in [6.07, 6.45) is 0. The van der Waals surface area contributed by atoms with Gasteiger partial charge >= 0.3 is 0 Å². The highest BCUT2D eigenvalue weighted by molar-refractivity contribution is 6.43. The van der Waals surface area contributed by atoms with E-state index in [1.807, 2.05) is 24.3 Å². The van der Waals surface area contributed by atoms with Crippen molar-refractivity contribution in [2.45, 2.75) is 6.54 Å². The van der Waals surface area contributed by atoms with Crippen LogP contribution >= 0.6 is 34.8 Å².